The molecule has 1 saturated heterocycles. The zero-order valence-corrected chi connectivity index (χ0v) is 15.9. The molecule has 4 rings (SSSR count). The number of nitrogens with one attached hydrogen (secondary N) is 1. The van der Waals surface area contributed by atoms with Gasteiger partial charge in [0.15, 0.2) is 0 Å². The number of nitrogens with zero attached hydrogens (tertiary/aromatic N) is 1. The van der Waals surface area contributed by atoms with Gasteiger partial charge >= 0.3 is 0 Å². The lowest BCUT2D eigenvalue weighted by atomic mass is 9.70. The number of carbonyl (C=O) groups excluding carboxylic acids is 2. The SMILES string of the molecule is COc1ccccc1CN1CC[C@]2(CCc3ccc(C(=O)NO)cc3C2)C1=O. The lowest BCUT2D eigenvalue weighted by molar-refractivity contribution is -0.137. The summed E-state index contributed by atoms with van der Waals surface area (Å²) in [5.74, 6) is 0.448. The molecule has 0 saturated carbocycles. The summed E-state index contributed by atoms with van der Waals surface area (Å²) in [6, 6.07) is 13.2. The van der Waals surface area contributed by atoms with Crippen molar-refractivity contribution in [3.63, 3.8) is 0 Å². The number of benzene rings is 2. The van der Waals surface area contributed by atoms with E-state index in [1.165, 1.54) is 5.56 Å². The summed E-state index contributed by atoms with van der Waals surface area (Å²) in [5.41, 5.74) is 4.90. The number of ether oxygens (including phenoxy) is 1. The van der Waals surface area contributed by atoms with Crippen LogP contribution in [0.25, 0.3) is 0 Å². The molecule has 28 heavy (non-hydrogen) atoms. The smallest absolute Gasteiger partial charge is 0.274 e. The molecule has 0 radical (unpaired) electrons. The van der Waals surface area contributed by atoms with E-state index in [9.17, 15) is 9.59 Å². The van der Waals surface area contributed by atoms with Crippen LogP contribution in [0.3, 0.4) is 0 Å². The summed E-state index contributed by atoms with van der Waals surface area (Å²) in [5, 5.41) is 8.89. The molecule has 146 valence electrons. The van der Waals surface area contributed by atoms with Crippen LogP contribution in [-0.4, -0.2) is 35.6 Å². The van der Waals surface area contributed by atoms with Crippen LogP contribution in [0.4, 0.5) is 0 Å². The van der Waals surface area contributed by atoms with E-state index < -0.39 is 11.3 Å². The first-order valence-electron chi connectivity index (χ1n) is 9.54. The highest BCUT2D eigenvalue weighted by Gasteiger charge is 2.48. The molecule has 2 aromatic carbocycles. The zero-order valence-electron chi connectivity index (χ0n) is 15.9. The number of amides is 2. The molecule has 0 bridgehead atoms. The van der Waals surface area contributed by atoms with Crippen LogP contribution in [0.2, 0.25) is 0 Å². The number of hydrogen-bond acceptors (Lipinski definition) is 4. The second-order valence-corrected chi connectivity index (χ2v) is 7.67. The van der Waals surface area contributed by atoms with Crippen molar-refractivity contribution in [3.8, 4) is 5.75 Å². The first-order chi connectivity index (χ1) is 13.6. The number of aryl methyl sites for hydroxylation is 1. The molecular formula is C22H24N2O4. The zero-order chi connectivity index (χ0) is 19.7. The summed E-state index contributed by atoms with van der Waals surface area (Å²) in [4.78, 5) is 27.0. The Morgan fingerprint density at radius 3 is 2.82 bits per heavy atom. The lowest BCUT2D eigenvalue weighted by Crippen LogP contribution is -2.38. The van der Waals surface area contributed by atoms with Crippen LogP contribution < -0.4 is 10.2 Å². The molecule has 6 heteroatoms. The first-order valence-corrected chi connectivity index (χ1v) is 9.54. The standard InChI is InChI=1S/C22H24N2O4/c1-28-19-5-3-2-4-17(19)14-24-11-10-22(21(24)26)9-8-15-6-7-16(20(25)23-27)12-18(15)13-22/h2-7,12,27H,8-11,13-14H2,1H3,(H,23,25)/t22-/m0/s1. The van der Waals surface area contributed by atoms with Crippen molar-refractivity contribution < 1.29 is 19.5 Å². The van der Waals surface area contributed by atoms with Crippen molar-refractivity contribution in [2.75, 3.05) is 13.7 Å². The topological polar surface area (TPSA) is 78.9 Å². The molecule has 2 amide bonds. The molecule has 2 N–H and O–H groups in total. The molecule has 2 aromatic rings. The molecule has 0 aromatic heterocycles. The predicted octanol–water partition coefficient (Wildman–Crippen LogP) is 2.72. The highest BCUT2D eigenvalue weighted by Crippen LogP contribution is 2.44. The minimum absolute atomic E-state index is 0.182. The van der Waals surface area contributed by atoms with Gasteiger partial charge in [0.05, 0.1) is 12.5 Å². The van der Waals surface area contributed by atoms with Crippen molar-refractivity contribution in [3.05, 3.63) is 64.7 Å². The van der Waals surface area contributed by atoms with Gasteiger partial charge in [-0.2, -0.15) is 0 Å². The van der Waals surface area contributed by atoms with Crippen LogP contribution in [0.15, 0.2) is 42.5 Å². The summed E-state index contributed by atoms with van der Waals surface area (Å²) >= 11 is 0. The fraction of sp³-hybridized carbons (Fsp3) is 0.364. The molecule has 1 aliphatic heterocycles. The van der Waals surface area contributed by atoms with E-state index >= 15 is 0 Å². The van der Waals surface area contributed by atoms with Gasteiger partial charge in [-0.1, -0.05) is 24.3 Å². The average Bonchev–Trinajstić information content (AvgIpc) is 3.02. The number of rotatable bonds is 4. The number of hydrogen-bond donors (Lipinski definition) is 2. The van der Waals surface area contributed by atoms with E-state index in [0.717, 1.165) is 42.7 Å². The monoisotopic (exact) mass is 380 g/mol. The Hall–Kier alpha value is -2.86. The molecule has 1 fully saturated rings. The van der Waals surface area contributed by atoms with Gasteiger partial charge in [0, 0.05) is 24.2 Å². The molecular weight excluding hydrogens is 356 g/mol. The molecule has 1 heterocycles. The number of carbonyl (C=O) groups is 2. The normalized spacial score (nSPS) is 20.9. The minimum Gasteiger partial charge on any atom is -0.496 e. The Kier molecular flexibility index (Phi) is 4.81. The summed E-state index contributed by atoms with van der Waals surface area (Å²) in [6.07, 6.45) is 3.10. The van der Waals surface area contributed by atoms with Crippen LogP contribution in [0, 0.1) is 5.41 Å². The van der Waals surface area contributed by atoms with Crippen LogP contribution in [-0.2, 0) is 24.2 Å². The third kappa shape index (κ3) is 3.14. The van der Waals surface area contributed by atoms with E-state index in [4.69, 9.17) is 9.94 Å². The molecule has 6 nitrogen and oxygen atoms in total. The number of likely N-dealkylation sites (tertiary alicyclic amines) is 1. The maximum atomic E-state index is 13.3. The maximum Gasteiger partial charge on any atom is 0.274 e. The molecule has 1 atom stereocenters. The van der Waals surface area contributed by atoms with Crippen molar-refractivity contribution >= 4 is 11.8 Å². The van der Waals surface area contributed by atoms with Gasteiger partial charge < -0.3 is 9.64 Å². The molecule has 1 spiro atoms. The van der Waals surface area contributed by atoms with Crippen LogP contribution in [0.5, 0.6) is 5.75 Å². The van der Waals surface area contributed by atoms with E-state index in [0.29, 0.717) is 18.5 Å². The summed E-state index contributed by atoms with van der Waals surface area (Å²) in [6.45, 7) is 1.27. The Morgan fingerprint density at radius 1 is 1.21 bits per heavy atom. The Balaban J connectivity index is 1.55. The second-order valence-electron chi connectivity index (χ2n) is 7.67. The van der Waals surface area contributed by atoms with Gasteiger partial charge in [-0.05, 0) is 55.0 Å². The maximum absolute atomic E-state index is 13.3. The third-order valence-corrected chi connectivity index (χ3v) is 6.13. The average molecular weight is 380 g/mol. The Bertz CT molecular complexity index is 927. The van der Waals surface area contributed by atoms with Crippen molar-refractivity contribution in [2.45, 2.75) is 32.2 Å². The molecule has 2 aliphatic rings. The first kappa shape index (κ1) is 18.5. The van der Waals surface area contributed by atoms with Gasteiger partial charge in [0.2, 0.25) is 5.91 Å². The number of methoxy groups -OCH3 is 1. The highest BCUT2D eigenvalue weighted by molar-refractivity contribution is 5.93. The van der Waals surface area contributed by atoms with E-state index in [1.807, 2.05) is 35.2 Å². The van der Waals surface area contributed by atoms with E-state index in [2.05, 4.69) is 0 Å². The minimum atomic E-state index is -0.530. The van der Waals surface area contributed by atoms with Gasteiger partial charge in [0.25, 0.3) is 5.91 Å². The van der Waals surface area contributed by atoms with Crippen molar-refractivity contribution in [1.29, 1.82) is 0 Å². The Morgan fingerprint density at radius 2 is 2.04 bits per heavy atom. The van der Waals surface area contributed by atoms with Gasteiger partial charge in [0.1, 0.15) is 5.75 Å². The van der Waals surface area contributed by atoms with Crippen LogP contribution >= 0.6 is 0 Å². The van der Waals surface area contributed by atoms with E-state index in [-0.39, 0.29) is 5.91 Å². The van der Waals surface area contributed by atoms with Crippen LogP contribution in [0.1, 0.15) is 39.9 Å². The van der Waals surface area contributed by atoms with Gasteiger partial charge in [-0.3, -0.25) is 14.8 Å². The highest BCUT2D eigenvalue weighted by atomic mass is 16.5. The number of fused-ring (bicyclic) bond motifs is 1. The lowest BCUT2D eigenvalue weighted by Gasteiger charge is -2.33. The number of hydroxylamine groups is 1. The predicted molar refractivity (Wildman–Crippen MR) is 103 cm³/mol. The van der Waals surface area contributed by atoms with Gasteiger partial charge in [-0.15, -0.1) is 0 Å². The fourth-order valence-corrected chi connectivity index (χ4v) is 4.55. The number of para-hydroxylation sites is 1. The van der Waals surface area contributed by atoms with Gasteiger partial charge in [-0.25, -0.2) is 5.48 Å². The Labute approximate surface area is 164 Å². The second kappa shape index (κ2) is 7.28. The summed E-state index contributed by atoms with van der Waals surface area (Å²) < 4.78 is 5.42. The van der Waals surface area contributed by atoms with Crippen molar-refractivity contribution in [1.82, 2.24) is 10.4 Å². The molecule has 1 aliphatic carbocycles. The summed E-state index contributed by atoms with van der Waals surface area (Å²) in [7, 11) is 1.64. The van der Waals surface area contributed by atoms with E-state index in [1.54, 1.807) is 24.7 Å². The molecule has 0 unspecified atom stereocenters. The largest absolute Gasteiger partial charge is 0.496 e. The van der Waals surface area contributed by atoms with Crippen molar-refractivity contribution in [2.24, 2.45) is 5.41 Å². The third-order valence-electron chi connectivity index (χ3n) is 6.13. The quantitative estimate of drug-likeness (QED) is 0.631. The fourth-order valence-electron chi connectivity index (χ4n) is 4.55.